The van der Waals surface area contributed by atoms with Crippen molar-refractivity contribution in [1.82, 2.24) is 30.3 Å². The van der Waals surface area contributed by atoms with Gasteiger partial charge in [-0.2, -0.15) is 0 Å². The van der Waals surface area contributed by atoms with Crippen molar-refractivity contribution in [1.29, 1.82) is 0 Å². The lowest BCUT2D eigenvalue weighted by Crippen LogP contribution is -2.45. The van der Waals surface area contributed by atoms with E-state index in [9.17, 15) is 4.79 Å². The first-order chi connectivity index (χ1) is 11.2. The van der Waals surface area contributed by atoms with Crippen LogP contribution in [0.5, 0.6) is 0 Å². The molecule has 1 atom stereocenters. The Morgan fingerprint density at radius 2 is 2.00 bits per heavy atom. The molecule has 1 aromatic rings. The average Bonchev–Trinajstić information content (AvgIpc) is 2.78. The number of fused-ring (bicyclic) bond motifs is 1. The van der Waals surface area contributed by atoms with Gasteiger partial charge in [0.05, 0.1) is 6.54 Å². The maximum atomic E-state index is 12.0. The van der Waals surface area contributed by atoms with Gasteiger partial charge in [-0.1, -0.05) is 20.3 Å². The van der Waals surface area contributed by atoms with E-state index in [1.165, 1.54) is 12.8 Å². The van der Waals surface area contributed by atoms with Gasteiger partial charge in [-0.25, -0.2) is 4.79 Å². The number of likely N-dealkylation sites (N-methyl/N-ethyl adjacent to an activating group) is 1. The molecule has 7 nitrogen and oxygen atoms in total. The first-order valence-corrected chi connectivity index (χ1v) is 8.82. The summed E-state index contributed by atoms with van der Waals surface area (Å²) >= 11 is 0. The summed E-state index contributed by atoms with van der Waals surface area (Å²) in [4.78, 5) is 14.3. The van der Waals surface area contributed by atoms with E-state index in [1.807, 2.05) is 0 Å². The highest BCUT2D eigenvalue weighted by atomic mass is 16.2. The number of aromatic nitrogens is 3. The van der Waals surface area contributed by atoms with Crippen LogP contribution in [0, 0.1) is 0 Å². The van der Waals surface area contributed by atoms with E-state index in [4.69, 9.17) is 0 Å². The summed E-state index contributed by atoms with van der Waals surface area (Å²) < 4.78 is 2.16. The quantitative estimate of drug-likeness (QED) is 0.798. The van der Waals surface area contributed by atoms with Gasteiger partial charge in [0.2, 0.25) is 0 Å². The molecule has 0 aliphatic carbocycles. The normalized spacial score (nSPS) is 15.8. The van der Waals surface area contributed by atoms with Crippen LogP contribution in [0.2, 0.25) is 0 Å². The third-order valence-electron chi connectivity index (χ3n) is 4.59. The first-order valence-electron chi connectivity index (χ1n) is 8.82. The predicted octanol–water partition coefficient (Wildman–Crippen LogP) is 1.53. The molecule has 23 heavy (non-hydrogen) atoms. The second kappa shape index (κ2) is 8.86. The third kappa shape index (κ3) is 4.92. The Balaban J connectivity index is 1.78. The fourth-order valence-electron chi connectivity index (χ4n) is 3.11. The van der Waals surface area contributed by atoms with Crippen LogP contribution in [0.4, 0.5) is 4.79 Å². The smallest absolute Gasteiger partial charge is 0.315 e. The summed E-state index contributed by atoms with van der Waals surface area (Å²) in [7, 11) is 0. The zero-order valence-electron chi connectivity index (χ0n) is 14.6. The zero-order chi connectivity index (χ0) is 16.7. The van der Waals surface area contributed by atoms with Crippen molar-refractivity contribution in [2.75, 3.05) is 19.6 Å². The molecule has 7 heteroatoms. The molecule has 0 saturated heterocycles. The Bertz CT molecular complexity index is 497. The minimum absolute atomic E-state index is 0.144. The van der Waals surface area contributed by atoms with Crippen LogP contribution in [0.3, 0.4) is 0 Å². The van der Waals surface area contributed by atoms with Gasteiger partial charge >= 0.3 is 6.03 Å². The lowest BCUT2D eigenvalue weighted by Gasteiger charge is -2.26. The molecule has 2 heterocycles. The van der Waals surface area contributed by atoms with Gasteiger partial charge in [0.25, 0.3) is 0 Å². The topological polar surface area (TPSA) is 75.1 Å². The standard InChI is InChI=1S/C16H30N6O/c1-4-21(5-2)13(3)11-17-16(23)18-12-15-20-19-14-9-7-6-8-10-22(14)15/h13H,4-12H2,1-3H3,(H2,17,18,23)/t13-/m0/s1. The zero-order valence-corrected chi connectivity index (χ0v) is 14.6. The van der Waals surface area contributed by atoms with E-state index in [-0.39, 0.29) is 6.03 Å². The van der Waals surface area contributed by atoms with E-state index in [2.05, 4.69) is 51.1 Å². The molecule has 0 bridgehead atoms. The second-order valence-electron chi connectivity index (χ2n) is 6.13. The Kier molecular flexibility index (Phi) is 6.83. The van der Waals surface area contributed by atoms with E-state index >= 15 is 0 Å². The van der Waals surface area contributed by atoms with Crippen LogP contribution in [0.15, 0.2) is 0 Å². The van der Waals surface area contributed by atoms with Gasteiger partial charge < -0.3 is 15.2 Å². The number of nitrogens with zero attached hydrogens (tertiary/aromatic N) is 4. The third-order valence-corrected chi connectivity index (χ3v) is 4.59. The Labute approximate surface area is 138 Å². The van der Waals surface area contributed by atoms with Crippen molar-refractivity contribution < 1.29 is 4.79 Å². The Hall–Kier alpha value is -1.63. The summed E-state index contributed by atoms with van der Waals surface area (Å²) in [6.07, 6.45) is 4.56. The summed E-state index contributed by atoms with van der Waals surface area (Å²) in [5.41, 5.74) is 0. The van der Waals surface area contributed by atoms with Crippen molar-refractivity contribution in [3.63, 3.8) is 0 Å². The molecule has 130 valence electrons. The molecule has 1 aromatic heterocycles. The number of aryl methyl sites for hydroxylation is 1. The van der Waals surface area contributed by atoms with Crippen LogP contribution < -0.4 is 10.6 Å². The highest BCUT2D eigenvalue weighted by molar-refractivity contribution is 5.73. The van der Waals surface area contributed by atoms with Crippen LogP contribution in [0.1, 0.15) is 51.7 Å². The van der Waals surface area contributed by atoms with Gasteiger partial charge in [-0.05, 0) is 32.9 Å². The molecule has 2 rings (SSSR count). The monoisotopic (exact) mass is 322 g/mol. The van der Waals surface area contributed by atoms with E-state index in [0.717, 1.165) is 44.1 Å². The molecule has 2 amide bonds. The summed E-state index contributed by atoms with van der Waals surface area (Å²) in [6, 6.07) is 0.190. The molecule has 1 aliphatic heterocycles. The largest absolute Gasteiger partial charge is 0.337 e. The Morgan fingerprint density at radius 1 is 1.22 bits per heavy atom. The van der Waals surface area contributed by atoms with Crippen molar-refractivity contribution in [3.8, 4) is 0 Å². The van der Waals surface area contributed by atoms with E-state index in [1.54, 1.807) is 0 Å². The van der Waals surface area contributed by atoms with Crippen LogP contribution >= 0.6 is 0 Å². The molecule has 0 radical (unpaired) electrons. The molecular weight excluding hydrogens is 292 g/mol. The van der Waals surface area contributed by atoms with Gasteiger partial charge in [-0.15, -0.1) is 10.2 Å². The highest BCUT2D eigenvalue weighted by Crippen LogP contribution is 2.14. The molecule has 0 saturated carbocycles. The van der Waals surface area contributed by atoms with Gasteiger partial charge in [0.15, 0.2) is 5.82 Å². The van der Waals surface area contributed by atoms with Crippen LogP contribution in [-0.4, -0.2) is 51.4 Å². The van der Waals surface area contributed by atoms with Crippen molar-refractivity contribution in [2.45, 2.75) is 65.6 Å². The summed E-state index contributed by atoms with van der Waals surface area (Å²) in [6.45, 7) is 10.4. The molecular formula is C16H30N6O. The minimum Gasteiger partial charge on any atom is -0.337 e. The number of urea groups is 1. The Morgan fingerprint density at radius 3 is 2.74 bits per heavy atom. The van der Waals surface area contributed by atoms with Gasteiger partial charge in [-0.3, -0.25) is 4.90 Å². The number of nitrogens with one attached hydrogen (secondary N) is 2. The summed E-state index contributed by atoms with van der Waals surface area (Å²) in [5.74, 6) is 1.91. The second-order valence-corrected chi connectivity index (χ2v) is 6.13. The fourth-order valence-corrected chi connectivity index (χ4v) is 3.11. The van der Waals surface area contributed by atoms with Crippen molar-refractivity contribution in [3.05, 3.63) is 11.6 Å². The number of amides is 2. The van der Waals surface area contributed by atoms with E-state index in [0.29, 0.717) is 19.1 Å². The number of rotatable bonds is 7. The van der Waals surface area contributed by atoms with Crippen LogP contribution in [0.25, 0.3) is 0 Å². The number of carbonyl (C=O) groups is 1. The average molecular weight is 322 g/mol. The number of carbonyl (C=O) groups excluding carboxylic acids is 1. The first kappa shape index (κ1) is 17.7. The molecule has 0 spiro atoms. The van der Waals surface area contributed by atoms with Crippen LogP contribution in [-0.2, 0) is 19.5 Å². The predicted molar refractivity (Wildman–Crippen MR) is 90.2 cm³/mol. The minimum atomic E-state index is -0.144. The maximum Gasteiger partial charge on any atom is 0.315 e. The molecule has 1 aliphatic rings. The van der Waals surface area contributed by atoms with E-state index < -0.39 is 0 Å². The van der Waals surface area contributed by atoms with Gasteiger partial charge in [0.1, 0.15) is 5.82 Å². The highest BCUT2D eigenvalue weighted by Gasteiger charge is 2.15. The van der Waals surface area contributed by atoms with Gasteiger partial charge in [0, 0.05) is 25.6 Å². The van der Waals surface area contributed by atoms with Crippen molar-refractivity contribution >= 4 is 6.03 Å². The maximum absolute atomic E-state index is 12.0. The molecule has 0 aromatic carbocycles. The molecule has 0 fully saturated rings. The SMILES string of the molecule is CCN(CC)[C@@H](C)CNC(=O)NCc1nnc2n1CCCCC2. The molecule has 0 unspecified atom stereocenters. The summed E-state index contributed by atoms with van der Waals surface area (Å²) in [5, 5.41) is 14.3. The lowest BCUT2D eigenvalue weighted by molar-refractivity contribution is 0.214. The van der Waals surface area contributed by atoms with Crippen molar-refractivity contribution in [2.24, 2.45) is 0 Å². The lowest BCUT2D eigenvalue weighted by atomic mass is 10.2. The number of hydrogen-bond donors (Lipinski definition) is 2. The molecule has 2 N–H and O–H groups in total. The fraction of sp³-hybridized carbons (Fsp3) is 0.812. The number of hydrogen-bond acceptors (Lipinski definition) is 4.